The fourth-order valence-corrected chi connectivity index (χ4v) is 12.3. The van der Waals surface area contributed by atoms with Crippen molar-refractivity contribution < 1.29 is 19.1 Å². The summed E-state index contributed by atoms with van der Waals surface area (Å²) < 4.78 is 11.2. The highest BCUT2D eigenvalue weighted by Crippen LogP contribution is 2.58. The second-order valence-corrected chi connectivity index (χ2v) is 17.2. The van der Waals surface area contributed by atoms with Crippen molar-refractivity contribution in [3.05, 3.63) is 156 Å². The van der Waals surface area contributed by atoms with Crippen molar-refractivity contribution in [2.24, 2.45) is 0 Å². The molecule has 1 unspecified atom stereocenters. The van der Waals surface area contributed by atoms with Gasteiger partial charge in [0.05, 0.1) is 26.5 Å². The topological polar surface area (TPSA) is 59.1 Å². The summed E-state index contributed by atoms with van der Waals surface area (Å²) in [5, 5.41) is 3.75. The molecule has 7 heteroatoms. The highest BCUT2D eigenvalue weighted by atomic mass is 31.2. The smallest absolute Gasteiger partial charge is 0.261 e. The summed E-state index contributed by atoms with van der Waals surface area (Å²) in [5.41, 5.74) is 2.42. The molecule has 1 aliphatic carbocycles. The third-order valence-electron chi connectivity index (χ3n) is 10.7. The van der Waals surface area contributed by atoms with Crippen LogP contribution >= 0.6 is 7.26 Å². The molecule has 2 fully saturated rings. The molecule has 0 spiro atoms. The predicted octanol–water partition coefficient (Wildman–Crippen LogP) is 7.56. The summed E-state index contributed by atoms with van der Waals surface area (Å²) in [6.07, 6.45) is 5.38. The SMILES string of the molecule is COc1ccc(C(C(=O)N(C(=O)c2ccccc2C[P+](c2ccccc2)(c2ccccc2)c2ccccc2)C2CCCCC2)N2CCOCC2)cc1. The van der Waals surface area contributed by atoms with Crippen LogP contribution in [0.5, 0.6) is 5.75 Å². The second kappa shape index (κ2) is 16.8. The summed E-state index contributed by atoms with van der Waals surface area (Å²) in [6, 6.07) is 47.2. The number of amides is 2. The van der Waals surface area contributed by atoms with E-state index in [1.807, 2.05) is 42.5 Å². The maximum atomic E-state index is 15.4. The average molecular weight is 712 g/mol. The van der Waals surface area contributed by atoms with Crippen LogP contribution in [-0.4, -0.2) is 61.1 Å². The number of methoxy groups -OCH3 is 1. The number of nitrogens with zero attached hydrogens (tertiary/aromatic N) is 2. The van der Waals surface area contributed by atoms with Gasteiger partial charge >= 0.3 is 0 Å². The molecule has 5 aromatic rings. The first-order valence-corrected chi connectivity index (χ1v) is 20.5. The van der Waals surface area contributed by atoms with Crippen molar-refractivity contribution in [3.63, 3.8) is 0 Å². The molecule has 1 saturated carbocycles. The lowest BCUT2D eigenvalue weighted by Crippen LogP contribution is -2.52. The molecule has 1 atom stereocenters. The van der Waals surface area contributed by atoms with Gasteiger partial charge in [-0.1, -0.05) is 104 Å². The Morgan fingerprint density at radius 1 is 0.712 bits per heavy atom. The van der Waals surface area contributed by atoms with Gasteiger partial charge in [-0.05, 0) is 73.0 Å². The van der Waals surface area contributed by atoms with Gasteiger partial charge in [0.2, 0.25) is 0 Å². The van der Waals surface area contributed by atoms with E-state index in [2.05, 4.69) is 102 Å². The molecule has 2 aliphatic rings. The van der Waals surface area contributed by atoms with Gasteiger partial charge in [0.25, 0.3) is 11.8 Å². The van der Waals surface area contributed by atoms with Gasteiger partial charge in [0.1, 0.15) is 35.0 Å². The highest BCUT2D eigenvalue weighted by Gasteiger charge is 2.47. The zero-order valence-corrected chi connectivity index (χ0v) is 30.9. The molecule has 2 amide bonds. The van der Waals surface area contributed by atoms with Gasteiger partial charge in [-0.3, -0.25) is 19.4 Å². The quantitative estimate of drug-likeness (QED) is 0.133. The monoisotopic (exact) mass is 711 g/mol. The highest BCUT2D eigenvalue weighted by molar-refractivity contribution is 7.95. The third kappa shape index (κ3) is 7.47. The van der Waals surface area contributed by atoms with Crippen molar-refractivity contribution in [2.45, 2.75) is 50.3 Å². The zero-order chi connectivity index (χ0) is 35.8. The minimum absolute atomic E-state index is 0.158. The standard InChI is InChI=1S/C45H48N2O4P/c1-50-38-28-26-35(27-29-38)43(46-30-32-51-33-31-46)45(49)47(37-17-6-2-7-18-37)44(48)42-25-15-14-16-36(42)34-52(39-19-8-3-9-20-39,40-21-10-4-11-22-40)41-23-12-5-13-24-41/h3-5,8-16,19-29,37,43H,2,6-7,17-18,30-34H2,1H3/q+1. The van der Waals surface area contributed by atoms with Gasteiger partial charge in [0.15, 0.2) is 0 Å². The molecule has 0 bridgehead atoms. The molecule has 0 radical (unpaired) electrons. The first-order valence-electron chi connectivity index (χ1n) is 18.6. The van der Waals surface area contributed by atoms with E-state index in [9.17, 15) is 0 Å². The minimum Gasteiger partial charge on any atom is -0.497 e. The Labute approximate surface area is 308 Å². The summed E-state index contributed by atoms with van der Waals surface area (Å²) in [6.45, 7) is 2.32. The second-order valence-electron chi connectivity index (χ2n) is 13.8. The average Bonchev–Trinajstić information content (AvgIpc) is 3.22. The van der Waals surface area contributed by atoms with Crippen LogP contribution in [0.1, 0.15) is 59.6 Å². The van der Waals surface area contributed by atoms with E-state index in [0.717, 1.165) is 49.0 Å². The molecule has 7 rings (SSSR count). The number of ether oxygens (including phenoxy) is 2. The lowest BCUT2D eigenvalue weighted by atomic mass is 9.91. The molecule has 1 heterocycles. The van der Waals surface area contributed by atoms with Gasteiger partial charge in [-0.15, -0.1) is 0 Å². The lowest BCUT2D eigenvalue weighted by molar-refractivity contribution is -0.139. The van der Waals surface area contributed by atoms with Crippen molar-refractivity contribution in [2.75, 3.05) is 33.4 Å². The van der Waals surface area contributed by atoms with Gasteiger partial charge in [-0.2, -0.15) is 0 Å². The number of imide groups is 1. The molecule has 0 N–H and O–H groups in total. The molecule has 1 aliphatic heterocycles. The Morgan fingerprint density at radius 2 is 1.23 bits per heavy atom. The molecule has 52 heavy (non-hydrogen) atoms. The largest absolute Gasteiger partial charge is 0.497 e. The maximum Gasteiger partial charge on any atom is 0.261 e. The fourth-order valence-electron chi connectivity index (χ4n) is 8.07. The minimum atomic E-state index is -2.31. The molecular formula is C45H48N2O4P+. The van der Waals surface area contributed by atoms with Crippen molar-refractivity contribution >= 4 is 35.0 Å². The number of rotatable bonds is 11. The van der Waals surface area contributed by atoms with E-state index in [1.165, 1.54) is 15.9 Å². The Kier molecular flexibility index (Phi) is 11.6. The molecule has 266 valence electrons. The van der Waals surface area contributed by atoms with Crippen LogP contribution in [0.3, 0.4) is 0 Å². The molecule has 6 nitrogen and oxygen atoms in total. The zero-order valence-electron chi connectivity index (χ0n) is 30.0. The summed E-state index contributed by atoms with van der Waals surface area (Å²) in [5.74, 6) is 0.369. The van der Waals surface area contributed by atoms with Crippen LogP contribution < -0.4 is 20.7 Å². The number of carbonyl (C=O) groups excluding carboxylic acids is 2. The first-order chi connectivity index (χ1) is 25.6. The van der Waals surface area contributed by atoms with E-state index >= 15 is 9.59 Å². The van der Waals surface area contributed by atoms with Crippen LogP contribution in [0.15, 0.2) is 140 Å². The Morgan fingerprint density at radius 3 is 1.77 bits per heavy atom. The fraction of sp³-hybridized carbons (Fsp3) is 0.289. The van der Waals surface area contributed by atoms with Gasteiger partial charge in [-0.25, -0.2) is 0 Å². The van der Waals surface area contributed by atoms with E-state index in [-0.39, 0.29) is 17.9 Å². The van der Waals surface area contributed by atoms with Crippen LogP contribution in [0.4, 0.5) is 0 Å². The number of hydrogen-bond donors (Lipinski definition) is 0. The van der Waals surface area contributed by atoms with Crippen LogP contribution in [0.2, 0.25) is 0 Å². The normalized spacial score (nSPS) is 16.2. The van der Waals surface area contributed by atoms with Gasteiger partial charge in [0, 0.05) is 30.3 Å². The molecule has 5 aromatic carbocycles. The van der Waals surface area contributed by atoms with Crippen LogP contribution in [-0.2, 0) is 15.7 Å². The summed E-state index contributed by atoms with van der Waals surface area (Å²) >= 11 is 0. The summed E-state index contributed by atoms with van der Waals surface area (Å²) in [4.78, 5) is 34.5. The van der Waals surface area contributed by atoms with E-state index in [1.54, 1.807) is 12.0 Å². The Hall–Kier alpha value is -4.61. The summed E-state index contributed by atoms with van der Waals surface area (Å²) in [7, 11) is -0.671. The molecule has 1 saturated heterocycles. The van der Waals surface area contributed by atoms with E-state index in [0.29, 0.717) is 38.0 Å². The number of benzene rings is 5. The Bertz CT molecular complexity index is 1810. The lowest BCUT2D eigenvalue weighted by Gasteiger charge is -2.40. The van der Waals surface area contributed by atoms with Gasteiger partial charge < -0.3 is 9.47 Å². The maximum absolute atomic E-state index is 15.4. The van der Waals surface area contributed by atoms with Crippen LogP contribution in [0.25, 0.3) is 0 Å². The van der Waals surface area contributed by atoms with E-state index in [4.69, 9.17) is 9.47 Å². The molecule has 0 aromatic heterocycles. The van der Waals surface area contributed by atoms with Crippen molar-refractivity contribution in [3.8, 4) is 5.75 Å². The number of carbonyl (C=O) groups is 2. The van der Waals surface area contributed by atoms with Crippen molar-refractivity contribution in [1.29, 1.82) is 0 Å². The van der Waals surface area contributed by atoms with Crippen LogP contribution in [0, 0.1) is 0 Å². The molecular weight excluding hydrogens is 663 g/mol. The predicted molar refractivity (Wildman–Crippen MR) is 211 cm³/mol. The first kappa shape index (κ1) is 35.8. The third-order valence-corrected chi connectivity index (χ3v) is 15.1. The number of morpholine rings is 1. The Balaban J connectivity index is 1.35. The van der Waals surface area contributed by atoms with Crippen molar-refractivity contribution in [1.82, 2.24) is 9.80 Å². The van der Waals surface area contributed by atoms with E-state index < -0.39 is 13.3 Å². The number of hydrogen-bond acceptors (Lipinski definition) is 5.